The van der Waals surface area contributed by atoms with Crippen LogP contribution in [0.15, 0.2) is 71.9 Å². The molecule has 0 saturated heterocycles. The lowest BCUT2D eigenvalue weighted by atomic mass is 10.1. The fourth-order valence-corrected chi connectivity index (χ4v) is 2.61. The van der Waals surface area contributed by atoms with Crippen molar-refractivity contribution in [3.05, 3.63) is 95.1 Å². The molecule has 3 aromatic rings. The third-order valence-electron chi connectivity index (χ3n) is 4.21. The SMILES string of the molecule is NC(=O)COc1ccc(/C(N)=N/OC(=O)c2cccc(COc3ccc(F)cc3F)c2)cc1. The van der Waals surface area contributed by atoms with Gasteiger partial charge < -0.3 is 25.8 Å². The van der Waals surface area contributed by atoms with E-state index in [2.05, 4.69) is 5.16 Å². The van der Waals surface area contributed by atoms with Gasteiger partial charge in [0.25, 0.3) is 5.91 Å². The molecular formula is C23H19F2N3O5. The molecule has 10 heteroatoms. The molecule has 1 amide bonds. The number of oxime groups is 1. The molecule has 0 fully saturated rings. The smallest absolute Gasteiger partial charge is 0.365 e. The van der Waals surface area contributed by atoms with Gasteiger partial charge in [-0.25, -0.2) is 13.6 Å². The maximum Gasteiger partial charge on any atom is 0.365 e. The van der Waals surface area contributed by atoms with Gasteiger partial charge in [0, 0.05) is 11.6 Å². The number of carbonyl (C=O) groups excluding carboxylic acids is 2. The molecule has 0 unspecified atom stereocenters. The molecule has 0 radical (unpaired) electrons. The van der Waals surface area contributed by atoms with Gasteiger partial charge in [-0.1, -0.05) is 17.3 Å². The van der Waals surface area contributed by atoms with E-state index in [0.717, 1.165) is 6.07 Å². The number of carbonyl (C=O) groups is 2. The first-order valence-electron chi connectivity index (χ1n) is 9.55. The summed E-state index contributed by atoms with van der Waals surface area (Å²) < 4.78 is 37.1. The van der Waals surface area contributed by atoms with Crippen molar-refractivity contribution in [1.29, 1.82) is 0 Å². The first kappa shape index (κ1) is 23.2. The van der Waals surface area contributed by atoms with E-state index < -0.39 is 23.5 Å². The molecule has 170 valence electrons. The fourth-order valence-electron chi connectivity index (χ4n) is 2.61. The summed E-state index contributed by atoms with van der Waals surface area (Å²) in [6.45, 7) is -0.317. The highest BCUT2D eigenvalue weighted by atomic mass is 19.1. The van der Waals surface area contributed by atoms with Gasteiger partial charge in [0.2, 0.25) is 0 Å². The lowest BCUT2D eigenvalue weighted by molar-refractivity contribution is -0.119. The van der Waals surface area contributed by atoms with E-state index in [-0.39, 0.29) is 30.4 Å². The molecule has 0 atom stereocenters. The summed E-state index contributed by atoms with van der Waals surface area (Å²) >= 11 is 0. The van der Waals surface area contributed by atoms with Crippen LogP contribution >= 0.6 is 0 Å². The number of nitrogens with zero attached hydrogens (tertiary/aromatic N) is 1. The molecule has 0 bridgehead atoms. The lowest BCUT2D eigenvalue weighted by Gasteiger charge is -2.08. The molecule has 0 saturated carbocycles. The fraction of sp³-hybridized carbons (Fsp3) is 0.0870. The third-order valence-corrected chi connectivity index (χ3v) is 4.21. The molecule has 0 aliphatic rings. The lowest BCUT2D eigenvalue weighted by Crippen LogP contribution is -2.20. The summed E-state index contributed by atoms with van der Waals surface area (Å²) in [6.07, 6.45) is 0. The van der Waals surface area contributed by atoms with E-state index in [1.807, 2.05) is 0 Å². The Labute approximate surface area is 187 Å². The summed E-state index contributed by atoms with van der Waals surface area (Å²) in [4.78, 5) is 27.9. The van der Waals surface area contributed by atoms with Gasteiger partial charge in [-0.05, 0) is 54.1 Å². The maximum absolute atomic E-state index is 13.7. The number of amidine groups is 1. The normalized spacial score (nSPS) is 11.0. The second-order valence-electron chi connectivity index (χ2n) is 6.70. The van der Waals surface area contributed by atoms with Gasteiger partial charge in [0.15, 0.2) is 24.0 Å². The van der Waals surface area contributed by atoms with Crippen LogP contribution in [-0.2, 0) is 16.2 Å². The zero-order chi connectivity index (χ0) is 23.8. The minimum atomic E-state index is -0.831. The molecule has 0 heterocycles. The number of benzene rings is 3. The van der Waals surface area contributed by atoms with Crippen molar-refractivity contribution >= 4 is 17.7 Å². The van der Waals surface area contributed by atoms with Crippen LogP contribution < -0.4 is 20.9 Å². The van der Waals surface area contributed by atoms with Gasteiger partial charge in [0.05, 0.1) is 5.56 Å². The molecule has 4 N–H and O–H groups in total. The van der Waals surface area contributed by atoms with Crippen LogP contribution in [0.4, 0.5) is 8.78 Å². The van der Waals surface area contributed by atoms with Crippen molar-refractivity contribution in [2.24, 2.45) is 16.6 Å². The Morgan fingerprint density at radius 2 is 1.64 bits per heavy atom. The summed E-state index contributed by atoms with van der Waals surface area (Å²) in [7, 11) is 0. The molecule has 8 nitrogen and oxygen atoms in total. The molecular weight excluding hydrogens is 436 g/mol. The molecule has 3 aromatic carbocycles. The number of hydrogen-bond acceptors (Lipinski definition) is 6. The van der Waals surface area contributed by atoms with E-state index in [0.29, 0.717) is 22.9 Å². The first-order valence-corrected chi connectivity index (χ1v) is 9.55. The molecule has 0 aliphatic heterocycles. The van der Waals surface area contributed by atoms with Crippen molar-refractivity contribution in [2.45, 2.75) is 6.61 Å². The van der Waals surface area contributed by atoms with Crippen LogP contribution in [0.1, 0.15) is 21.5 Å². The quantitative estimate of drug-likeness (QED) is 0.221. The standard InChI is InChI=1S/C23H19F2N3O5/c24-17-6-9-20(19(25)11-17)32-12-14-2-1-3-16(10-14)23(30)33-28-22(27)15-4-7-18(8-5-15)31-13-21(26)29/h1-11H,12-13H2,(H2,26,29)(H2,27,28). The number of halogens is 2. The molecule has 0 aliphatic carbocycles. The largest absolute Gasteiger partial charge is 0.486 e. The maximum atomic E-state index is 13.7. The van der Waals surface area contributed by atoms with Crippen LogP contribution in [0.2, 0.25) is 0 Å². The minimum absolute atomic E-state index is 0.0563. The van der Waals surface area contributed by atoms with E-state index in [4.69, 9.17) is 25.8 Å². The molecule has 33 heavy (non-hydrogen) atoms. The monoisotopic (exact) mass is 455 g/mol. The zero-order valence-corrected chi connectivity index (χ0v) is 17.2. The van der Waals surface area contributed by atoms with Gasteiger partial charge in [0.1, 0.15) is 18.2 Å². The topological polar surface area (TPSA) is 126 Å². The Hall–Kier alpha value is -4.47. The Kier molecular flexibility index (Phi) is 7.53. The number of amides is 1. The zero-order valence-electron chi connectivity index (χ0n) is 17.2. The highest BCUT2D eigenvalue weighted by Gasteiger charge is 2.11. The molecule has 0 aromatic heterocycles. The summed E-state index contributed by atoms with van der Waals surface area (Å²) in [5, 5.41) is 3.63. The van der Waals surface area contributed by atoms with Gasteiger partial charge in [-0.15, -0.1) is 0 Å². The highest BCUT2D eigenvalue weighted by molar-refractivity contribution is 5.98. The predicted molar refractivity (Wildman–Crippen MR) is 114 cm³/mol. The van der Waals surface area contributed by atoms with Gasteiger partial charge in [-0.3, -0.25) is 4.79 Å². The highest BCUT2D eigenvalue weighted by Crippen LogP contribution is 2.19. The second kappa shape index (κ2) is 10.7. The van der Waals surface area contributed by atoms with Crippen molar-refractivity contribution in [2.75, 3.05) is 6.61 Å². The van der Waals surface area contributed by atoms with Crippen LogP contribution in [0.3, 0.4) is 0 Å². The van der Waals surface area contributed by atoms with Crippen LogP contribution in [0.5, 0.6) is 11.5 Å². The van der Waals surface area contributed by atoms with Crippen molar-refractivity contribution in [3.63, 3.8) is 0 Å². The predicted octanol–water partition coefficient (Wildman–Crippen LogP) is 2.89. The van der Waals surface area contributed by atoms with Gasteiger partial charge in [-0.2, -0.15) is 0 Å². The third kappa shape index (κ3) is 6.76. The summed E-state index contributed by atoms with van der Waals surface area (Å²) in [5.74, 6) is -2.69. The van der Waals surface area contributed by atoms with Crippen LogP contribution in [-0.4, -0.2) is 24.3 Å². The van der Waals surface area contributed by atoms with Gasteiger partial charge >= 0.3 is 5.97 Å². The molecule has 3 rings (SSSR count). The van der Waals surface area contributed by atoms with Crippen molar-refractivity contribution < 1.29 is 32.7 Å². The second-order valence-corrected chi connectivity index (χ2v) is 6.70. The number of primary amides is 1. The minimum Gasteiger partial charge on any atom is -0.486 e. The van der Waals surface area contributed by atoms with Crippen molar-refractivity contribution in [1.82, 2.24) is 0 Å². The summed E-state index contributed by atoms with van der Waals surface area (Å²) in [5.41, 5.74) is 12.0. The summed E-state index contributed by atoms with van der Waals surface area (Å²) in [6, 6.07) is 15.4. The number of nitrogens with two attached hydrogens (primary N) is 2. The number of rotatable bonds is 9. The van der Waals surface area contributed by atoms with E-state index in [9.17, 15) is 18.4 Å². The first-order chi connectivity index (χ1) is 15.8. The Balaban J connectivity index is 1.59. The van der Waals surface area contributed by atoms with E-state index in [1.54, 1.807) is 36.4 Å². The Bertz CT molecular complexity index is 1180. The van der Waals surface area contributed by atoms with E-state index in [1.165, 1.54) is 18.2 Å². The number of hydrogen-bond donors (Lipinski definition) is 2. The molecule has 0 spiro atoms. The van der Waals surface area contributed by atoms with Crippen LogP contribution in [0.25, 0.3) is 0 Å². The Morgan fingerprint density at radius 3 is 2.33 bits per heavy atom. The van der Waals surface area contributed by atoms with Crippen molar-refractivity contribution in [3.8, 4) is 11.5 Å². The average molecular weight is 455 g/mol. The van der Waals surface area contributed by atoms with E-state index >= 15 is 0 Å². The number of ether oxygens (including phenoxy) is 2. The average Bonchev–Trinajstić information content (AvgIpc) is 2.81. The Morgan fingerprint density at radius 1 is 0.879 bits per heavy atom. The van der Waals surface area contributed by atoms with Crippen LogP contribution in [0, 0.1) is 11.6 Å².